The lowest BCUT2D eigenvalue weighted by Crippen LogP contribution is -2.36. The van der Waals surface area contributed by atoms with E-state index in [0.717, 1.165) is 23.8 Å². The van der Waals surface area contributed by atoms with Gasteiger partial charge in [0.15, 0.2) is 0 Å². The highest BCUT2D eigenvalue weighted by molar-refractivity contribution is 8.00. The van der Waals surface area contributed by atoms with Crippen molar-refractivity contribution < 1.29 is 4.79 Å². The largest absolute Gasteiger partial charge is 0.397 e. The maximum atomic E-state index is 11.8. The van der Waals surface area contributed by atoms with E-state index < -0.39 is 0 Å². The second kappa shape index (κ2) is 5.84. The molecule has 0 aromatic carbocycles. The molecule has 1 aromatic heterocycles. The molecule has 1 unspecified atom stereocenters. The van der Waals surface area contributed by atoms with Crippen LogP contribution in [0.3, 0.4) is 0 Å². The summed E-state index contributed by atoms with van der Waals surface area (Å²) >= 11 is 3.49. The molecule has 6 heteroatoms. The Morgan fingerprint density at radius 2 is 2.44 bits per heavy atom. The first kappa shape index (κ1) is 13.5. The third-order valence-corrected chi connectivity index (χ3v) is 5.19. The van der Waals surface area contributed by atoms with Gasteiger partial charge in [-0.15, -0.1) is 11.3 Å². The van der Waals surface area contributed by atoms with Gasteiger partial charge in [-0.05, 0) is 13.0 Å². The van der Waals surface area contributed by atoms with Crippen molar-refractivity contribution in [1.82, 2.24) is 5.32 Å². The van der Waals surface area contributed by atoms with Gasteiger partial charge in [0, 0.05) is 30.6 Å². The Bertz CT molecular complexity index is 433. The van der Waals surface area contributed by atoms with Crippen molar-refractivity contribution in [1.29, 1.82) is 0 Å². The zero-order chi connectivity index (χ0) is 13.1. The van der Waals surface area contributed by atoms with E-state index in [4.69, 9.17) is 5.73 Å². The van der Waals surface area contributed by atoms with Crippen molar-refractivity contribution in [3.8, 4) is 0 Å². The summed E-state index contributed by atoms with van der Waals surface area (Å²) in [7, 11) is 0. The van der Waals surface area contributed by atoms with E-state index in [2.05, 4.69) is 17.1 Å². The summed E-state index contributed by atoms with van der Waals surface area (Å²) in [6.45, 7) is 6.83. The van der Waals surface area contributed by atoms with E-state index in [1.54, 1.807) is 0 Å². The van der Waals surface area contributed by atoms with Crippen LogP contribution in [0.2, 0.25) is 0 Å². The number of rotatable bonds is 3. The number of hydrogen-bond donors (Lipinski definition) is 2. The Kier molecular flexibility index (Phi) is 4.40. The van der Waals surface area contributed by atoms with E-state index >= 15 is 0 Å². The molecule has 1 aliphatic rings. The van der Waals surface area contributed by atoms with Crippen molar-refractivity contribution in [3.63, 3.8) is 0 Å². The number of hydrogen-bond acceptors (Lipinski definition) is 5. The van der Waals surface area contributed by atoms with Crippen molar-refractivity contribution >= 4 is 39.7 Å². The quantitative estimate of drug-likeness (QED) is 0.892. The Morgan fingerprint density at radius 1 is 1.67 bits per heavy atom. The second-order valence-corrected chi connectivity index (χ2v) is 6.93. The van der Waals surface area contributed by atoms with Crippen molar-refractivity contribution in [2.75, 3.05) is 36.0 Å². The summed E-state index contributed by atoms with van der Waals surface area (Å²) < 4.78 is 0. The van der Waals surface area contributed by atoms with Crippen LogP contribution in [0.5, 0.6) is 0 Å². The second-order valence-electron chi connectivity index (χ2n) is 4.36. The van der Waals surface area contributed by atoms with Crippen molar-refractivity contribution in [2.45, 2.75) is 19.1 Å². The monoisotopic (exact) mass is 285 g/mol. The summed E-state index contributed by atoms with van der Waals surface area (Å²) in [6.07, 6.45) is 0. The minimum absolute atomic E-state index is 0.0642. The molecule has 3 N–H and O–H groups in total. The smallest absolute Gasteiger partial charge is 0.263 e. The third-order valence-electron chi connectivity index (χ3n) is 2.84. The molecule has 0 saturated carbocycles. The van der Waals surface area contributed by atoms with E-state index in [0.29, 0.717) is 22.4 Å². The van der Waals surface area contributed by atoms with Gasteiger partial charge in [-0.3, -0.25) is 4.79 Å². The van der Waals surface area contributed by atoms with Crippen LogP contribution >= 0.6 is 23.1 Å². The highest BCUT2D eigenvalue weighted by Crippen LogP contribution is 2.34. The van der Waals surface area contributed by atoms with Crippen LogP contribution in [-0.4, -0.2) is 36.5 Å². The van der Waals surface area contributed by atoms with Gasteiger partial charge in [0.25, 0.3) is 5.91 Å². The number of thioether (sulfide) groups is 1. The zero-order valence-electron chi connectivity index (χ0n) is 10.7. The van der Waals surface area contributed by atoms with Gasteiger partial charge >= 0.3 is 0 Å². The fraction of sp³-hybridized carbons (Fsp3) is 0.583. The number of nitrogens with zero attached hydrogens (tertiary/aromatic N) is 1. The summed E-state index contributed by atoms with van der Waals surface area (Å²) in [5, 5.41) is 4.54. The average Bonchev–Trinajstić information content (AvgIpc) is 2.72. The lowest BCUT2D eigenvalue weighted by Gasteiger charge is -2.31. The first-order valence-electron chi connectivity index (χ1n) is 6.16. The Hall–Kier alpha value is -0.880. The molecule has 4 nitrogen and oxygen atoms in total. The predicted octanol–water partition coefficient (Wildman–Crippen LogP) is 2.02. The minimum atomic E-state index is -0.0642. The topological polar surface area (TPSA) is 58.4 Å². The van der Waals surface area contributed by atoms with Crippen molar-refractivity contribution in [2.24, 2.45) is 0 Å². The fourth-order valence-electron chi connectivity index (χ4n) is 1.98. The van der Waals surface area contributed by atoms with E-state index in [-0.39, 0.29) is 5.91 Å². The van der Waals surface area contributed by atoms with Crippen LogP contribution < -0.4 is 16.0 Å². The number of nitrogens with two attached hydrogens (primary N) is 1. The molecular formula is C12H19N3OS2. The van der Waals surface area contributed by atoms with Crippen LogP contribution in [0.1, 0.15) is 23.5 Å². The first-order valence-corrected chi connectivity index (χ1v) is 8.02. The van der Waals surface area contributed by atoms with Gasteiger partial charge in [-0.1, -0.05) is 6.92 Å². The number of thiophene rings is 1. The number of carbonyl (C=O) groups excluding carboxylic acids is 1. The molecule has 0 radical (unpaired) electrons. The Labute approximate surface area is 116 Å². The Balaban J connectivity index is 2.15. The molecule has 1 saturated heterocycles. The van der Waals surface area contributed by atoms with Gasteiger partial charge in [0.2, 0.25) is 0 Å². The van der Waals surface area contributed by atoms with Crippen molar-refractivity contribution in [3.05, 3.63) is 10.9 Å². The molecule has 0 aliphatic carbocycles. The number of anilines is 2. The maximum absolute atomic E-state index is 11.8. The molecule has 1 atom stereocenters. The molecule has 0 spiro atoms. The molecular weight excluding hydrogens is 266 g/mol. The number of nitrogens with one attached hydrogen (secondary N) is 1. The van der Waals surface area contributed by atoms with Crippen LogP contribution in [0.4, 0.5) is 10.7 Å². The van der Waals surface area contributed by atoms with Gasteiger partial charge in [0.1, 0.15) is 4.88 Å². The van der Waals surface area contributed by atoms with Crippen LogP contribution in [0, 0.1) is 0 Å². The van der Waals surface area contributed by atoms with Gasteiger partial charge in [0.05, 0.1) is 10.7 Å². The molecule has 1 aromatic rings. The summed E-state index contributed by atoms with van der Waals surface area (Å²) in [5.74, 6) is 1.07. The lowest BCUT2D eigenvalue weighted by molar-refractivity contribution is 0.0960. The first-order chi connectivity index (χ1) is 8.61. The Morgan fingerprint density at radius 3 is 3.11 bits per heavy atom. The van der Waals surface area contributed by atoms with Gasteiger partial charge in [-0.25, -0.2) is 0 Å². The summed E-state index contributed by atoms with van der Waals surface area (Å²) in [4.78, 5) is 14.8. The average molecular weight is 285 g/mol. The molecule has 18 heavy (non-hydrogen) atoms. The number of nitrogen functional groups attached to an aromatic ring is 1. The number of carbonyl (C=O) groups is 1. The minimum Gasteiger partial charge on any atom is -0.397 e. The summed E-state index contributed by atoms with van der Waals surface area (Å²) in [5.41, 5.74) is 6.52. The molecule has 1 fully saturated rings. The molecule has 2 heterocycles. The van der Waals surface area contributed by atoms with Gasteiger partial charge in [-0.2, -0.15) is 11.8 Å². The SMILES string of the molecule is CCNC(=O)c1sc(N2CCSC(C)C2)cc1N. The standard InChI is InChI=1S/C12H19N3OS2/c1-3-14-12(16)11-9(13)6-10(18-11)15-4-5-17-8(2)7-15/h6,8H,3-5,7,13H2,1-2H3,(H,14,16). The highest BCUT2D eigenvalue weighted by Gasteiger charge is 2.21. The maximum Gasteiger partial charge on any atom is 0.263 e. The normalized spacial score (nSPS) is 19.9. The van der Waals surface area contributed by atoms with E-state index in [1.807, 2.05) is 24.8 Å². The predicted molar refractivity (Wildman–Crippen MR) is 80.9 cm³/mol. The fourth-order valence-corrected chi connectivity index (χ4v) is 4.03. The molecule has 1 amide bonds. The van der Waals surface area contributed by atoms with E-state index in [1.165, 1.54) is 11.3 Å². The van der Waals surface area contributed by atoms with Crippen LogP contribution in [0.25, 0.3) is 0 Å². The van der Waals surface area contributed by atoms with Crippen LogP contribution in [-0.2, 0) is 0 Å². The summed E-state index contributed by atoms with van der Waals surface area (Å²) in [6, 6.07) is 1.93. The van der Waals surface area contributed by atoms with Gasteiger partial charge < -0.3 is 16.0 Å². The lowest BCUT2D eigenvalue weighted by atomic mass is 10.3. The van der Waals surface area contributed by atoms with Crippen LogP contribution in [0.15, 0.2) is 6.07 Å². The van der Waals surface area contributed by atoms with E-state index in [9.17, 15) is 4.79 Å². The number of amides is 1. The molecule has 1 aliphatic heterocycles. The molecule has 2 rings (SSSR count). The highest BCUT2D eigenvalue weighted by atomic mass is 32.2. The molecule has 100 valence electrons. The molecule has 0 bridgehead atoms. The zero-order valence-corrected chi connectivity index (χ0v) is 12.4. The third kappa shape index (κ3) is 2.92.